The number of hydrogen-bond donors (Lipinski definition) is 1. The molecule has 0 aliphatic heterocycles. The van der Waals surface area contributed by atoms with E-state index in [0.717, 1.165) is 16.5 Å². The maximum atomic E-state index is 13.2. The zero-order valence-corrected chi connectivity index (χ0v) is 19.1. The molecular formula is C25H31N3O3. The average molecular weight is 422 g/mol. The first kappa shape index (κ1) is 22.6. The third-order valence-corrected chi connectivity index (χ3v) is 5.54. The lowest BCUT2D eigenvalue weighted by Crippen LogP contribution is -2.43. The molecule has 6 heteroatoms. The van der Waals surface area contributed by atoms with E-state index in [2.05, 4.69) is 24.1 Å². The van der Waals surface area contributed by atoms with Crippen molar-refractivity contribution in [1.82, 2.24) is 15.2 Å². The molecule has 0 bridgehead atoms. The number of benzene rings is 2. The molecule has 0 saturated heterocycles. The number of carbonyl (C=O) groups is 1. The molecule has 164 valence electrons. The van der Waals surface area contributed by atoms with Gasteiger partial charge in [0.1, 0.15) is 0 Å². The van der Waals surface area contributed by atoms with Gasteiger partial charge in [-0.15, -0.1) is 0 Å². The first-order chi connectivity index (χ1) is 14.8. The van der Waals surface area contributed by atoms with Gasteiger partial charge >= 0.3 is 0 Å². The monoisotopic (exact) mass is 421 g/mol. The summed E-state index contributed by atoms with van der Waals surface area (Å²) in [5.74, 6) is 1.58. The molecule has 0 aliphatic rings. The molecule has 0 saturated carbocycles. The Bertz CT molecular complexity index is 1060. The number of carbonyl (C=O) groups excluding carboxylic acids is 1. The molecule has 1 amide bonds. The number of amides is 1. The number of hydrogen-bond acceptors (Lipinski definition) is 5. The van der Waals surface area contributed by atoms with Crippen LogP contribution in [0.3, 0.4) is 0 Å². The molecule has 0 fully saturated rings. The Kier molecular flexibility index (Phi) is 7.13. The highest BCUT2D eigenvalue weighted by Gasteiger charge is 2.19. The summed E-state index contributed by atoms with van der Waals surface area (Å²) >= 11 is 0. The van der Waals surface area contributed by atoms with Gasteiger partial charge in [-0.1, -0.05) is 32.0 Å². The Balaban J connectivity index is 2.01. The van der Waals surface area contributed by atoms with Crippen molar-refractivity contribution in [3.8, 4) is 22.8 Å². The lowest BCUT2D eigenvalue weighted by atomic mass is 10.0. The lowest BCUT2D eigenvalue weighted by molar-refractivity contribution is 0.0936. The van der Waals surface area contributed by atoms with Crippen molar-refractivity contribution in [2.45, 2.75) is 19.9 Å². The molecule has 3 aromatic rings. The average Bonchev–Trinajstić information content (AvgIpc) is 2.77. The molecule has 0 radical (unpaired) electrons. The Morgan fingerprint density at radius 3 is 2.39 bits per heavy atom. The van der Waals surface area contributed by atoms with Crippen molar-refractivity contribution in [2.75, 3.05) is 34.9 Å². The number of nitrogens with one attached hydrogen (secondary N) is 1. The minimum Gasteiger partial charge on any atom is -0.493 e. The van der Waals surface area contributed by atoms with E-state index in [1.165, 1.54) is 0 Å². The van der Waals surface area contributed by atoms with Crippen LogP contribution in [-0.4, -0.2) is 56.7 Å². The molecule has 31 heavy (non-hydrogen) atoms. The molecule has 0 aliphatic carbocycles. The number of ether oxygens (including phenoxy) is 2. The maximum Gasteiger partial charge on any atom is 0.252 e. The van der Waals surface area contributed by atoms with Crippen LogP contribution in [0.15, 0.2) is 48.5 Å². The van der Waals surface area contributed by atoms with Crippen molar-refractivity contribution in [3.05, 3.63) is 54.1 Å². The zero-order valence-electron chi connectivity index (χ0n) is 19.1. The minimum absolute atomic E-state index is 0.104. The number of methoxy groups -OCH3 is 2. The van der Waals surface area contributed by atoms with E-state index in [0.29, 0.717) is 35.2 Å². The molecule has 2 aromatic carbocycles. The number of fused-ring (bicyclic) bond motifs is 1. The largest absolute Gasteiger partial charge is 0.493 e. The summed E-state index contributed by atoms with van der Waals surface area (Å²) in [6.45, 7) is 4.90. The topological polar surface area (TPSA) is 63.7 Å². The van der Waals surface area contributed by atoms with Crippen molar-refractivity contribution in [1.29, 1.82) is 0 Å². The summed E-state index contributed by atoms with van der Waals surface area (Å²) in [7, 11) is 7.28. The van der Waals surface area contributed by atoms with Gasteiger partial charge in [-0.05, 0) is 50.3 Å². The van der Waals surface area contributed by atoms with Gasteiger partial charge in [-0.2, -0.15) is 0 Å². The molecule has 0 unspecified atom stereocenters. The van der Waals surface area contributed by atoms with Gasteiger partial charge in [-0.25, -0.2) is 4.98 Å². The van der Waals surface area contributed by atoms with Gasteiger partial charge in [0.2, 0.25) is 0 Å². The summed E-state index contributed by atoms with van der Waals surface area (Å²) in [6, 6.07) is 15.4. The van der Waals surface area contributed by atoms with Gasteiger partial charge in [0.25, 0.3) is 5.91 Å². The van der Waals surface area contributed by atoms with Crippen LogP contribution in [0.4, 0.5) is 0 Å². The van der Waals surface area contributed by atoms with Crippen LogP contribution in [0.2, 0.25) is 0 Å². The third kappa shape index (κ3) is 4.97. The highest BCUT2D eigenvalue weighted by atomic mass is 16.5. The second-order valence-corrected chi connectivity index (χ2v) is 8.13. The first-order valence-corrected chi connectivity index (χ1v) is 10.4. The molecule has 6 nitrogen and oxygen atoms in total. The molecule has 1 aromatic heterocycles. The number of para-hydroxylation sites is 1. The fourth-order valence-electron chi connectivity index (χ4n) is 3.81. The summed E-state index contributed by atoms with van der Waals surface area (Å²) in [4.78, 5) is 20.1. The molecule has 1 atom stereocenters. The number of nitrogens with zero attached hydrogens (tertiary/aromatic N) is 2. The minimum atomic E-state index is -0.104. The van der Waals surface area contributed by atoms with Crippen molar-refractivity contribution in [2.24, 2.45) is 5.92 Å². The van der Waals surface area contributed by atoms with Gasteiger partial charge in [0, 0.05) is 23.5 Å². The second-order valence-electron chi connectivity index (χ2n) is 8.13. The van der Waals surface area contributed by atoms with Crippen LogP contribution in [0.5, 0.6) is 11.5 Å². The maximum absolute atomic E-state index is 13.2. The van der Waals surface area contributed by atoms with E-state index in [1.54, 1.807) is 14.2 Å². The van der Waals surface area contributed by atoms with Crippen LogP contribution >= 0.6 is 0 Å². The van der Waals surface area contributed by atoms with Gasteiger partial charge in [-0.3, -0.25) is 4.79 Å². The Hall–Kier alpha value is -3.12. The molecule has 0 spiro atoms. The van der Waals surface area contributed by atoms with Crippen LogP contribution < -0.4 is 14.8 Å². The van der Waals surface area contributed by atoms with Crippen LogP contribution in [0.1, 0.15) is 24.2 Å². The van der Waals surface area contributed by atoms with E-state index in [1.807, 2.05) is 62.6 Å². The standard InChI is InChI=1S/C25H31N3O3/c1-16(2)22(28(3)4)15-26-25(29)19-14-21(27-20-10-8-7-9-18(19)20)17-11-12-23(30-5)24(13-17)31-6/h7-14,16,22H,15H2,1-6H3,(H,26,29)/t22-/m1/s1. The normalized spacial score (nSPS) is 12.3. The number of aromatic nitrogens is 1. The Labute approximate surface area is 184 Å². The summed E-state index contributed by atoms with van der Waals surface area (Å²) in [5.41, 5.74) is 2.94. The van der Waals surface area contributed by atoms with Crippen LogP contribution in [0, 0.1) is 5.92 Å². The van der Waals surface area contributed by atoms with E-state index in [-0.39, 0.29) is 11.9 Å². The van der Waals surface area contributed by atoms with Crippen molar-refractivity contribution < 1.29 is 14.3 Å². The Morgan fingerprint density at radius 1 is 1.03 bits per heavy atom. The van der Waals surface area contributed by atoms with Gasteiger partial charge in [0.15, 0.2) is 11.5 Å². The molecule has 3 rings (SSSR count). The number of rotatable bonds is 8. The van der Waals surface area contributed by atoms with Crippen LogP contribution in [-0.2, 0) is 0 Å². The Morgan fingerprint density at radius 2 is 1.74 bits per heavy atom. The fraction of sp³-hybridized carbons (Fsp3) is 0.360. The predicted octanol–water partition coefficient (Wildman–Crippen LogP) is 4.24. The van der Waals surface area contributed by atoms with Gasteiger partial charge in [0.05, 0.1) is 31.0 Å². The van der Waals surface area contributed by atoms with E-state index >= 15 is 0 Å². The molecule has 1 N–H and O–H groups in total. The van der Waals surface area contributed by atoms with Crippen molar-refractivity contribution in [3.63, 3.8) is 0 Å². The highest BCUT2D eigenvalue weighted by molar-refractivity contribution is 6.07. The van der Waals surface area contributed by atoms with Crippen molar-refractivity contribution >= 4 is 16.8 Å². The third-order valence-electron chi connectivity index (χ3n) is 5.54. The summed E-state index contributed by atoms with van der Waals surface area (Å²) in [5, 5.41) is 3.95. The quantitative estimate of drug-likeness (QED) is 0.590. The fourth-order valence-corrected chi connectivity index (χ4v) is 3.81. The molecule has 1 heterocycles. The van der Waals surface area contributed by atoms with E-state index in [4.69, 9.17) is 14.5 Å². The molecular weight excluding hydrogens is 390 g/mol. The number of pyridine rings is 1. The SMILES string of the molecule is COc1ccc(-c2cc(C(=O)NC[C@H](C(C)C)N(C)C)c3ccccc3n2)cc1OC. The zero-order chi connectivity index (χ0) is 22.5. The lowest BCUT2D eigenvalue weighted by Gasteiger charge is -2.28. The first-order valence-electron chi connectivity index (χ1n) is 10.4. The van der Waals surface area contributed by atoms with Gasteiger partial charge < -0.3 is 19.7 Å². The van der Waals surface area contributed by atoms with Crippen LogP contribution in [0.25, 0.3) is 22.2 Å². The van der Waals surface area contributed by atoms with E-state index < -0.39 is 0 Å². The van der Waals surface area contributed by atoms with E-state index in [9.17, 15) is 4.79 Å². The number of likely N-dealkylation sites (N-methyl/N-ethyl adjacent to an activating group) is 1. The smallest absolute Gasteiger partial charge is 0.252 e. The predicted molar refractivity (Wildman–Crippen MR) is 125 cm³/mol. The second kappa shape index (κ2) is 9.79. The summed E-state index contributed by atoms with van der Waals surface area (Å²) in [6.07, 6.45) is 0. The highest BCUT2D eigenvalue weighted by Crippen LogP contribution is 2.33. The summed E-state index contributed by atoms with van der Waals surface area (Å²) < 4.78 is 10.8.